The Bertz CT molecular complexity index is 820. The summed E-state index contributed by atoms with van der Waals surface area (Å²) in [6.07, 6.45) is -1.06. The fraction of sp³-hybridized carbons (Fsp3) is 0.611. The van der Waals surface area contributed by atoms with Crippen molar-refractivity contribution in [2.45, 2.75) is 56.3 Å². The zero-order valence-corrected chi connectivity index (χ0v) is 19.7. The van der Waals surface area contributed by atoms with Crippen molar-refractivity contribution in [3.63, 3.8) is 0 Å². The van der Waals surface area contributed by atoms with E-state index in [0.717, 1.165) is 0 Å². The van der Waals surface area contributed by atoms with Crippen molar-refractivity contribution in [2.75, 3.05) is 12.3 Å². The Labute approximate surface area is 206 Å². The number of aliphatic carboxylic acids is 2. The summed E-state index contributed by atoms with van der Waals surface area (Å²) >= 11 is 4.00. The van der Waals surface area contributed by atoms with E-state index < -0.39 is 66.2 Å². The molecule has 0 aliphatic heterocycles. The van der Waals surface area contributed by atoms with Crippen LogP contribution < -0.4 is 38.9 Å². The van der Waals surface area contributed by atoms with Crippen molar-refractivity contribution in [3.05, 3.63) is 0 Å². The van der Waals surface area contributed by atoms with E-state index in [2.05, 4.69) is 33.6 Å². The van der Waals surface area contributed by atoms with Crippen molar-refractivity contribution in [1.82, 2.24) is 16.0 Å². The lowest BCUT2D eigenvalue weighted by Gasteiger charge is -2.24. The van der Waals surface area contributed by atoms with Crippen LogP contribution in [-0.4, -0.2) is 88.2 Å². The maximum atomic E-state index is 12.7. The Morgan fingerprint density at radius 3 is 1.86 bits per heavy atom. The molecule has 0 aliphatic carbocycles. The fourth-order valence-electron chi connectivity index (χ4n) is 2.60. The van der Waals surface area contributed by atoms with E-state index in [1.54, 1.807) is 0 Å². The number of carbonyl (C=O) groups excluding carboxylic acids is 4. The van der Waals surface area contributed by atoms with Crippen LogP contribution in [0.2, 0.25) is 0 Å². The zero-order chi connectivity index (χ0) is 27.1. The van der Waals surface area contributed by atoms with Gasteiger partial charge in [0.05, 0.1) is 12.5 Å². The second-order valence-electron chi connectivity index (χ2n) is 7.36. The van der Waals surface area contributed by atoms with Crippen molar-refractivity contribution < 1.29 is 39.0 Å². The quantitative estimate of drug-likeness (QED) is 0.0377. The van der Waals surface area contributed by atoms with E-state index in [1.165, 1.54) is 0 Å². The molecule has 0 aromatic rings. The van der Waals surface area contributed by atoms with E-state index in [4.69, 9.17) is 28.0 Å². The molecule has 4 unspecified atom stereocenters. The maximum Gasteiger partial charge on any atom is 0.326 e. The molecule has 0 heterocycles. The number of nitrogens with two attached hydrogens (primary N) is 4. The minimum atomic E-state index is -1.63. The van der Waals surface area contributed by atoms with E-state index in [0.29, 0.717) is 0 Å². The largest absolute Gasteiger partial charge is 0.481 e. The number of thiol groups is 1. The summed E-state index contributed by atoms with van der Waals surface area (Å²) in [6, 6.07) is -5.39. The number of guanidine groups is 1. The van der Waals surface area contributed by atoms with Gasteiger partial charge in [0.25, 0.3) is 0 Å². The Morgan fingerprint density at radius 2 is 1.37 bits per heavy atom. The first-order valence-corrected chi connectivity index (χ1v) is 11.0. The summed E-state index contributed by atoms with van der Waals surface area (Å²) < 4.78 is 0. The molecule has 16 nitrogen and oxygen atoms in total. The summed E-state index contributed by atoms with van der Waals surface area (Å²) in [4.78, 5) is 74.4. The molecule has 0 rings (SSSR count). The van der Waals surface area contributed by atoms with E-state index in [-0.39, 0.29) is 43.9 Å². The van der Waals surface area contributed by atoms with Crippen LogP contribution in [-0.2, 0) is 28.8 Å². The summed E-state index contributed by atoms with van der Waals surface area (Å²) in [5, 5.41) is 24.7. The molecule has 35 heavy (non-hydrogen) atoms. The van der Waals surface area contributed by atoms with E-state index >= 15 is 0 Å². The molecule has 0 bridgehead atoms. The Morgan fingerprint density at radius 1 is 0.829 bits per heavy atom. The van der Waals surface area contributed by atoms with Crippen LogP contribution in [0.15, 0.2) is 4.99 Å². The van der Waals surface area contributed by atoms with Gasteiger partial charge in [0.15, 0.2) is 5.96 Å². The number of nitrogens with zero attached hydrogens (tertiary/aromatic N) is 1. The van der Waals surface area contributed by atoms with Crippen molar-refractivity contribution >= 4 is 54.2 Å². The molecule has 0 saturated carbocycles. The third-order valence-corrected chi connectivity index (χ3v) is 4.78. The normalized spacial score (nSPS) is 13.9. The fourth-order valence-corrected chi connectivity index (χ4v) is 2.86. The lowest BCUT2D eigenvalue weighted by molar-refractivity contribution is -0.143. The number of carboxylic acid groups (broad SMARTS) is 2. The molecule has 17 heteroatoms. The average Bonchev–Trinajstić information content (AvgIpc) is 2.76. The van der Waals surface area contributed by atoms with Gasteiger partial charge in [-0.15, -0.1) is 0 Å². The molecule has 4 atom stereocenters. The van der Waals surface area contributed by atoms with Gasteiger partial charge in [-0.2, -0.15) is 12.6 Å². The molecule has 0 radical (unpaired) electrons. The van der Waals surface area contributed by atoms with Gasteiger partial charge in [-0.1, -0.05) is 0 Å². The van der Waals surface area contributed by atoms with Gasteiger partial charge in [-0.3, -0.25) is 29.0 Å². The molecule has 13 N–H and O–H groups in total. The smallest absolute Gasteiger partial charge is 0.326 e. The van der Waals surface area contributed by atoms with Crippen molar-refractivity contribution in [2.24, 2.45) is 27.9 Å². The highest BCUT2D eigenvalue weighted by atomic mass is 32.1. The monoisotopic (exact) mass is 520 g/mol. The topological polar surface area (TPSA) is 295 Å². The number of hydrogen-bond donors (Lipinski definition) is 10. The third-order valence-electron chi connectivity index (χ3n) is 4.42. The predicted molar refractivity (Wildman–Crippen MR) is 126 cm³/mol. The number of rotatable bonds is 17. The number of carboxylic acids is 2. The first-order chi connectivity index (χ1) is 16.3. The Balaban J connectivity index is 5.40. The lowest BCUT2D eigenvalue weighted by Crippen LogP contribution is -2.57. The number of nitrogens with one attached hydrogen (secondary N) is 3. The van der Waals surface area contributed by atoms with Crippen LogP contribution in [0.3, 0.4) is 0 Å². The van der Waals surface area contributed by atoms with Crippen LogP contribution >= 0.6 is 12.6 Å². The summed E-state index contributed by atoms with van der Waals surface area (Å²) in [5.41, 5.74) is 21.1. The molecule has 0 saturated heterocycles. The minimum Gasteiger partial charge on any atom is -0.481 e. The molecule has 4 amide bonds. The third kappa shape index (κ3) is 13.6. The van der Waals surface area contributed by atoms with Crippen LogP contribution in [0.1, 0.15) is 32.1 Å². The molecule has 0 aromatic heterocycles. The number of carbonyl (C=O) groups is 6. The summed E-state index contributed by atoms with van der Waals surface area (Å²) in [6.45, 7) is 0.0940. The average molecular weight is 521 g/mol. The molecular weight excluding hydrogens is 488 g/mol. The standard InChI is InChI=1S/C18H32N8O8S/c19-8(3-4-13(28)29)14(30)26-11(7-35)16(32)24-9(2-1-5-23-18(21)22)15(31)25-10(17(33)34)6-12(20)27/h8-11,35H,1-7,19H2,(H2,20,27)(H,24,32)(H,25,31)(H,26,30)(H,28,29)(H,33,34)(H4,21,22,23). The second kappa shape index (κ2) is 16.1. The SMILES string of the molecule is NC(=O)CC(NC(=O)C(CCCN=C(N)N)NC(=O)C(CS)NC(=O)C(N)CCC(=O)O)C(=O)O. The second-order valence-corrected chi connectivity index (χ2v) is 7.73. The maximum absolute atomic E-state index is 12.7. The Kier molecular flexibility index (Phi) is 14.4. The number of aliphatic imine (C=N–C) groups is 1. The van der Waals surface area contributed by atoms with Gasteiger partial charge < -0.3 is 49.1 Å². The van der Waals surface area contributed by atoms with Crippen molar-refractivity contribution in [3.8, 4) is 0 Å². The van der Waals surface area contributed by atoms with Gasteiger partial charge in [0.1, 0.15) is 18.1 Å². The van der Waals surface area contributed by atoms with Gasteiger partial charge >= 0.3 is 11.9 Å². The number of hydrogen-bond acceptors (Lipinski definition) is 9. The molecule has 0 aromatic carbocycles. The van der Waals surface area contributed by atoms with Gasteiger partial charge in [0, 0.05) is 18.7 Å². The zero-order valence-electron chi connectivity index (χ0n) is 18.8. The number of primary amides is 1. The first-order valence-electron chi connectivity index (χ1n) is 10.3. The van der Waals surface area contributed by atoms with Crippen LogP contribution in [0, 0.1) is 0 Å². The van der Waals surface area contributed by atoms with Crippen LogP contribution in [0.25, 0.3) is 0 Å². The first kappa shape index (κ1) is 31.4. The Hall–Kier alpha value is -3.60. The molecule has 0 aliphatic rings. The van der Waals surface area contributed by atoms with Gasteiger partial charge in [0.2, 0.25) is 23.6 Å². The molecule has 198 valence electrons. The minimum absolute atomic E-state index is 0.0391. The van der Waals surface area contributed by atoms with E-state index in [9.17, 15) is 33.9 Å². The molecular formula is C18H32N8O8S. The highest BCUT2D eigenvalue weighted by Gasteiger charge is 2.30. The van der Waals surface area contributed by atoms with Crippen LogP contribution in [0.5, 0.6) is 0 Å². The highest BCUT2D eigenvalue weighted by Crippen LogP contribution is 2.04. The lowest BCUT2D eigenvalue weighted by atomic mass is 10.1. The summed E-state index contributed by atoms with van der Waals surface area (Å²) in [7, 11) is 0. The van der Waals surface area contributed by atoms with Crippen molar-refractivity contribution in [1.29, 1.82) is 0 Å². The molecule has 0 fully saturated rings. The van der Waals surface area contributed by atoms with Crippen LogP contribution in [0.4, 0.5) is 0 Å². The molecule has 0 spiro atoms. The summed E-state index contributed by atoms with van der Waals surface area (Å²) in [5.74, 6) is -6.61. The van der Waals surface area contributed by atoms with E-state index in [1.807, 2.05) is 0 Å². The number of amides is 4. The highest BCUT2D eigenvalue weighted by molar-refractivity contribution is 7.80. The van der Waals surface area contributed by atoms with Gasteiger partial charge in [-0.25, -0.2) is 4.79 Å². The van der Waals surface area contributed by atoms with Gasteiger partial charge in [-0.05, 0) is 19.3 Å². The predicted octanol–water partition coefficient (Wildman–Crippen LogP) is -4.42.